The first-order valence-corrected chi connectivity index (χ1v) is 9.10. The molecule has 0 saturated carbocycles. The Labute approximate surface area is 148 Å². The van der Waals surface area contributed by atoms with Gasteiger partial charge in [0, 0.05) is 32.8 Å². The van der Waals surface area contributed by atoms with Crippen LogP contribution in [-0.4, -0.2) is 33.7 Å². The van der Waals surface area contributed by atoms with Crippen molar-refractivity contribution in [1.29, 1.82) is 0 Å². The number of nitrogens with zero attached hydrogens (tertiary/aromatic N) is 3. The highest BCUT2D eigenvalue weighted by Gasteiger charge is 2.23. The van der Waals surface area contributed by atoms with E-state index in [-0.39, 0.29) is 11.7 Å². The Morgan fingerprint density at radius 1 is 1.32 bits per heavy atom. The molecule has 0 unspecified atom stereocenters. The lowest BCUT2D eigenvalue weighted by molar-refractivity contribution is -0.133. The predicted octanol–water partition coefficient (Wildman–Crippen LogP) is 3.36. The maximum atomic E-state index is 13.3. The van der Waals surface area contributed by atoms with Crippen LogP contribution in [0.15, 0.2) is 36.7 Å². The average Bonchev–Trinajstić information content (AvgIpc) is 3.03. The number of amides is 1. The van der Waals surface area contributed by atoms with Crippen molar-refractivity contribution in [3.8, 4) is 0 Å². The first-order valence-electron chi connectivity index (χ1n) is 9.10. The number of hydrogen-bond acceptors (Lipinski definition) is 2. The van der Waals surface area contributed by atoms with Crippen molar-refractivity contribution in [2.75, 3.05) is 13.1 Å². The summed E-state index contributed by atoms with van der Waals surface area (Å²) in [6.07, 6.45) is 9.18. The van der Waals surface area contributed by atoms with E-state index < -0.39 is 0 Å². The summed E-state index contributed by atoms with van der Waals surface area (Å²) >= 11 is 0. The third-order valence-corrected chi connectivity index (χ3v) is 4.99. The monoisotopic (exact) mass is 343 g/mol. The van der Waals surface area contributed by atoms with Crippen molar-refractivity contribution < 1.29 is 9.18 Å². The first kappa shape index (κ1) is 17.6. The maximum absolute atomic E-state index is 13.3. The van der Waals surface area contributed by atoms with Crippen molar-refractivity contribution in [2.45, 2.75) is 38.5 Å². The molecule has 1 aliphatic heterocycles. The van der Waals surface area contributed by atoms with Gasteiger partial charge in [-0.2, -0.15) is 5.10 Å². The Bertz CT molecular complexity index is 712. The quantitative estimate of drug-likeness (QED) is 0.807. The van der Waals surface area contributed by atoms with E-state index in [0.29, 0.717) is 12.3 Å². The van der Waals surface area contributed by atoms with Crippen molar-refractivity contribution in [1.82, 2.24) is 14.7 Å². The molecule has 3 rings (SSSR count). The van der Waals surface area contributed by atoms with Crippen molar-refractivity contribution in [2.24, 2.45) is 13.0 Å². The minimum atomic E-state index is -0.173. The van der Waals surface area contributed by atoms with Gasteiger partial charge in [-0.1, -0.05) is 12.1 Å². The second-order valence-corrected chi connectivity index (χ2v) is 7.04. The van der Waals surface area contributed by atoms with Gasteiger partial charge < -0.3 is 4.90 Å². The Hall–Kier alpha value is -2.17. The summed E-state index contributed by atoms with van der Waals surface area (Å²) in [7, 11) is 1.89. The number of carbonyl (C=O) groups excluding carboxylic acids is 1. The van der Waals surface area contributed by atoms with Crippen LogP contribution in [0.25, 0.3) is 0 Å². The normalized spacial score (nSPS) is 17.7. The Kier molecular flexibility index (Phi) is 5.84. The third kappa shape index (κ3) is 5.15. The molecule has 2 aromatic rings. The number of benzene rings is 1. The highest BCUT2D eigenvalue weighted by atomic mass is 19.1. The third-order valence-electron chi connectivity index (χ3n) is 4.99. The molecule has 4 nitrogen and oxygen atoms in total. The van der Waals surface area contributed by atoms with Gasteiger partial charge in [0.05, 0.1) is 6.20 Å². The van der Waals surface area contributed by atoms with E-state index in [4.69, 9.17) is 0 Å². The molecule has 1 saturated heterocycles. The molecule has 1 atom stereocenters. The molecule has 1 fully saturated rings. The standard InChI is InChI=1S/C20H26FN3O/c1-23-14-18(13-22-23)9-10-20(25)24-11-3-5-17(15-24)8-7-16-4-2-6-19(21)12-16/h2,4,6,12-14,17H,3,5,7-11,15H2,1H3/t17-/m0/s1. The molecular weight excluding hydrogens is 317 g/mol. The van der Waals surface area contributed by atoms with Crippen LogP contribution >= 0.6 is 0 Å². The summed E-state index contributed by atoms with van der Waals surface area (Å²) in [6.45, 7) is 1.70. The van der Waals surface area contributed by atoms with Gasteiger partial charge in [0.15, 0.2) is 0 Å². The first-order chi connectivity index (χ1) is 12.1. The molecule has 1 aromatic carbocycles. The van der Waals surface area contributed by atoms with Crippen LogP contribution in [0.4, 0.5) is 4.39 Å². The zero-order valence-electron chi connectivity index (χ0n) is 14.8. The topological polar surface area (TPSA) is 38.1 Å². The number of aromatic nitrogens is 2. The van der Waals surface area contributed by atoms with Crippen molar-refractivity contribution in [3.63, 3.8) is 0 Å². The zero-order valence-corrected chi connectivity index (χ0v) is 14.8. The highest BCUT2D eigenvalue weighted by molar-refractivity contribution is 5.76. The highest BCUT2D eigenvalue weighted by Crippen LogP contribution is 2.22. The minimum Gasteiger partial charge on any atom is -0.342 e. The van der Waals surface area contributed by atoms with E-state index in [1.165, 1.54) is 6.07 Å². The van der Waals surface area contributed by atoms with Gasteiger partial charge in [-0.15, -0.1) is 0 Å². The summed E-state index contributed by atoms with van der Waals surface area (Å²) in [6, 6.07) is 6.83. The van der Waals surface area contributed by atoms with Gasteiger partial charge in [0.1, 0.15) is 5.82 Å². The van der Waals surface area contributed by atoms with Crippen molar-refractivity contribution in [3.05, 3.63) is 53.6 Å². The molecule has 134 valence electrons. The van der Waals surface area contributed by atoms with E-state index in [1.807, 2.05) is 30.4 Å². The fraction of sp³-hybridized carbons (Fsp3) is 0.500. The van der Waals surface area contributed by atoms with Gasteiger partial charge in [-0.25, -0.2) is 4.39 Å². The smallest absolute Gasteiger partial charge is 0.222 e. The lowest BCUT2D eigenvalue weighted by Gasteiger charge is -2.33. The van der Waals surface area contributed by atoms with E-state index in [9.17, 15) is 9.18 Å². The largest absolute Gasteiger partial charge is 0.342 e. The molecule has 0 aliphatic carbocycles. The summed E-state index contributed by atoms with van der Waals surface area (Å²) in [5, 5.41) is 4.14. The van der Waals surface area contributed by atoms with Crippen molar-refractivity contribution >= 4 is 5.91 Å². The van der Waals surface area contributed by atoms with Crippen LogP contribution in [-0.2, 0) is 24.7 Å². The second-order valence-electron chi connectivity index (χ2n) is 7.04. The summed E-state index contributed by atoms with van der Waals surface area (Å²) in [5.41, 5.74) is 2.15. The summed E-state index contributed by atoms with van der Waals surface area (Å²) < 4.78 is 15.0. The Morgan fingerprint density at radius 2 is 2.20 bits per heavy atom. The van der Waals surface area contributed by atoms with E-state index in [0.717, 1.165) is 56.3 Å². The molecule has 0 N–H and O–H groups in total. The number of aryl methyl sites for hydroxylation is 3. The summed E-state index contributed by atoms with van der Waals surface area (Å²) in [4.78, 5) is 14.5. The molecule has 5 heteroatoms. The van der Waals surface area contributed by atoms with E-state index >= 15 is 0 Å². The van der Waals surface area contributed by atoms with Crippen LogP contribution in [0.1, 0.15) is 36.8 Å². The second kappa shape index (κ2) is 8.28. The van der Waals surface area contributed by atoms with E-state index in [1.54, 1.807) is 16.8 Å². The molecule has 2 heterocycles. The van der Waals surface area contributed by atoms with Gasteiger partial charge in [0.2, 0.25) is 5.91 Å². The van der Waals surface area contributed by atoms with Crippen LogP contribution < -0.4 is 0 Å². The zero-order chi connectivity index (χ0) is 17.6. The minimum absolute atomic E-state index is 0.173. The average molecular weight is 343 g/mol. The molecule has 1 aliphatic rings. The molecule has 0 spiro atoms. The molecule has 1 amide bonds. The predicted molar refractivity (Wildman–Crippen MR) is 95.6 cm³/mol. The summed E-state index contributed by atoms with van der Waals surface area (Å²) in [5.74, 6) is 0.576. The van der Waals surface area contributed by atoms with E-state index in [2.05, 4.69) is 5.10 Å². The number of hydrogen-bond donors (Lipinski definition) is 0. The number of halogens is 1. The molecule has 25 heavy (non-hydrogen) atoms. The van der Waals surface area contributed by atoms with Crippen LogP contribution in [0, 0.1) is 11.7 Å². The van der Waals surface area contributed by atoms with Gasteiger partial charge >= 0.3 is 0 Å². The van der Waals surface area contributed by atoms with Crippen LogP contribution in [0.2, 0.25) is 0 Å². The van der Waals surface area contributed by atoms with Gasteiger partial charge in [-0.05, 0) is 61.3 Å². The molecular formula is C20H26FN3O. The number of carbonyl (C=O) groups is 1. The Morgan fingerprint density at radius 3 is 2.96 bits per heavy atom. The fourth-order valence-electron chi connectivity index (χ4n) is 3.60. The SMILES string of the molecule is Cn1cc(CCC(=O)N2CCC[C@@H](CCc3cccc(F)c3)C2)cn1. The van der Waals surface area contributed by atoms with Crippen LogP contribution in [0.5, 0.6) is 0 Å². The number of likely N-dealkylation sites (tertiary alicyclic amines) is 1. The lowest BCUT2D eigenvalue weighted by Crippen LogP contribution is -2.40. The number of rotatable bonds is 6. The van der Waals surface area contributed by atoms with Crippen LogP contribution in [0.3, 0.4) is 0 Å². The van der Waals surface area contributed by atoms with Gasteiger partial charge in [0.25, 0.3) is 0 Å². The molecule has 0 bridgehead atoms. The maximum Gasteiger partial charge on any atom is 0.222 e. The number of piperidine rings is 1. The Balaban J connectivity index is 1.46. The fourth-order valence-corrected chi connectivity index (χ4v) is 3.60. The molecule has 1 aromatic heterocycles. The molecule has 0 radical (unpaired) electrons. The van der Waals surface area contributed by atoms with Gasteiger partial charge in [-0.3, -0.25) is 9.48 Å². The lowest BCUT2D eigenvalue weighted by atomic mass is 9.91.